The summed E-state index contributed by atoms with van der Waals surface area (Å²) in [6, 6.07) is 4.19. The molecule has 0 unspecified atom stereocenters. The fraction of sp³-hybridized carbons (Fsp3) is 0.467. The molecule has 7 heteroatoms. The van der Waals surface area contributed by atoms with Gasteiger partial charge < -0.3 is 15.2 Å². The van der Waals surface area contributed by atoms with Gasteiger partial charge in [0.15, 0.2) is 0 Å². The Kier molecular flexibility index (Phi) is 5.37. The monoisotopic (exact) mass is 329 g/mol. The summed E-state index contributed by atoms with van der Waals surface area (Å²) in [5.74, 6) is -1.97. The van der Waals surface area contributed by atoms with Crippen LogP contribution < -0.4 is 5.32 Å². The first-order valence-electron chi connectivity index (χ1n) is 6.95. The van der Waals surface area contributed by atoms with E-state index in [2.05, 4.69) is 5.32 Å². The second-order valence-electron chi connectivity index (χ2n) is 5.35. The van der Waals surface area contributed by atoms with Crippen LogP contribution in [0.3, 0.4) is 0 Å². The average molecular weight is 330 g/mol. The molecule has 0 atom stereocenters. The van der Waals surface area contributed by atoms with Crippen molar-refractivity contribution in [3.05, 3.63) is 34.6 Å². The standard InChI is InChI=1S/C15H17ClFNO4/c16-11-2-1-3-12(17)10(11)8-13(19)18-9-15(14(20)21)4-6-22-7-5-15/h1-3H,4-9H2,(H,18,19)(H,20,21). The zero-order valence-electron chi connectivity index (χ0n) is 11.9. The van der Waals surface area contributed by atoms with E-state index in [4.69, 9.17) is 16.3 Å². The second kappa shape index (κ2) is 7.07. The number of aliphatic carboxylic acids is 1. The molecule has 1 aliphatic rings. The highest BCUT2D eigenvalue weighted by atomic mass is 35.5. The lowest BCUT2D eigenvalue weighted by atomic mass is 9.80. The fourth-order valence-corrected chi connectivity index (χ4v) is 2.65. The number of rotatable bonds is 5. The third-order valence-corrected chi connectivity index (χ3v) is 4.28. The summed E-state index contributed by atoms with van der Waals surface area (Å²) in [4.78, 5) is 23.4. The number of carbonyl (C=O) groups is 2. The Morgan fingerprint density at radius 2 is 2.05 bits per heavy atom. The minimum absolute atomic E-state index is 0.00337. The summed E-state index contributed by atoms with van der Waals surface area (Å²) in [5, 5.41) is 12.1. The number of halogens is 2. The van der Waals surface area contributed by atoms with Crippen LogP contribution in [-0.4, -0.2) is 36.7 Å². The highest BCUT2D eigenvalue weighted by Gasteiger charge is 2.40. The van der Waals surface area contributed by atoms with Crippen LogP contribution in [0.2, 0.25) is 5.02 Å². The van der Waals surface area contributed by atoms with E-state index in [1.54, 1.807) is 0 Å². The summed E-state index contributed by atoms with van der Waals surface area (Å²) >= 11 is 5.87. The van der Waals surface area contributed by atoms with E-state index in [9.17, 15) is 19.1 Å². The van der Waals surface area contributed by atoms with Crippen LogP contribution in [0.15, 0.2) is 18.2 Å². The van der Waals surface area contributed by atoms with Crippen LogP contribution in [0.25, 0.3) is 0 Å². The Morgan fingerprint density at radius 1 is 1.36 bits per heavy atom. The molecule has 22 heavy (non-hydrogen) atoms. The number of ether oxygens (including phenoxy) is 1. The number of carboxylic acids is 1. The predicted octanol–water partition coefficient (Wildman–Crippen LogP) is 2.02. The first kappa shape index (κ1) is 16.7. The number of nitrogens with one attached hydrogen (secondary N) is 1. The molecule has 1 aromatic rings. The van der Waals surface area contributed by atoms with E-state index < -0.39 is 23.1 Å². The van der Waals surface area contributed by atoms with E-state index in [0.29, 0.717) is 26.1 Å². The van der Waals surface area contributed by atoms with Crippen LogP contribution in [0.4, 0.5) is 4.39 Å². The molecule has 0 radical (unpaired) electrons. The Labute approximate surface area is 132 Å². The van der Waals surface area contributed by atoms with Crippen molar-refractivity contribution >= 4 is 23.5 Å². The molecule has 2 rings (SSSR count). The molecular formula is C15H17ClFNO4. The van der Waals surface area contributed by atoms with Gasteiger partial charge >= 0.3 is 5.97 Å². The smallest absolute Gasteiger partial charge is 0.311 e. The van der Waals surface area contributed by atoms with Gasteiger partial charge in [0.05, 0.1) is 11.8 Å². The van der Waals surface area contributed by atoms with E-state index >= 15 is 0 Å². The SMILES string of the molecule is O=C(Cc1c(F)cccc1Cl)NCC1(C(=O)O)CCOCC1. The van der Waals surface area contributed by atoms with E-state index in [-0.39, 0.29) is 23.6 Å². The average Bonchev–Trinajstić information content (AvgIpc) is 2.50. The minimum atomic E-state index is -1.02. The van der Waals surface area contributed by atoms with Gasteiger partial charge in [-0.15, -0.1) is 0 Å². The maximum Gasteiger partial charge on any atom is 0.311 e. The van der Waals surface area contributed by atoms with Crippen molar-refractivity contribution < 1.29 is 23.8 Å². The van der Waals surface area contributed by atoms with Gasteiger partial charge in [0.2, 0.25) is 5.91 Å². The molecule has 1 saturated heterocycles. The molecule has 2 N–H and O–H groups in total. The molecule has 1 aliphatic heterocycles. The van der Waals surface area contributed by atoms with Crippen LogP contribution >= 0.6 is 11.6 Å². The molecule has 0 bridgehead atoms. The van der Waals surface area contributed by atoms with Crippen LogP contribution in [-0.2, 0) is 20.7 Å². The van der Waals surface area contributed by atoms with Gasteiger partial charge in [0.1, 0.15) is 5.82 Å². The maximum atomic E-state index is 13.6. The summed E-state index contributed by atoms with van der Waals surface area (Å²) in [6.45, 7) is 0.694. The first-order valence-corrected chi connectivity index (χ1v) is 7.33. The number of benzene rings is 1. The van der Waals surface area contributed by atoms with Gasteiger partial charge in [-0.3, -0.25) is 9.59 Å². The fourth-order valence-electron chi connectivity index (χ4n) is 2.42. The van der Waals surface area contributed by atoms with Crippen LogP contribution in [0.5, 0.6) is 0 Å². The molecule has 1 fully saturated rings. The third-order valence-electron chi connectivity index (χ3n) is 3.93. The molecule has 0 aromatic heterocycles. The van der Waals surface area contributed by atoms with Crippen LogP contribution in [0.1, 0.15) is 18.4 Å². The van der Waals surface area contributed by atoms with Gasteiger partial charge in [-0.25, -0.2) is 4.39 Å². The first-order chi connectivity index (χ1) is 10.4. The topological polar surface area (TPSA) is 75.6 Å². The molecule has 0 spiro atoms. The van der Waals surface area contributed by atoms with E-state index in [0.717, 1.165) is 0 Å². The van der Waals surface area contributed by atoms with Crippen molar-refractivity contribution in [2.24, 2.45) is 5.41 Å². The third kappa shape index (κ3) is 3.75. The molecule has 1 heterocycles. The van der Waals surface area contributed by atoms with Crippen molar-refractivity contribution in [3.63, 3.8) is 0 Å². The summed E-state index contributed by atoms with van der Waals surface area (Å²) in [6.07, 6.45) is 0.448. The number of carbonyl (C=O) groups excluding carboxylic acids is 1. The lowest BCUT2D eigenvalue weighted by Crippen LogP contribution is -2.46. The normalized spacial score (nSPS) is 17.0. The van der Waals surface area contributed by atoms with Crippen molar-refractivity contribution in [1.82, 2.24) is 5.32 Å². The summed E-state index contributed by atoms with van der Waals surface area (Å²) in [7, 11) is 0. The molecule has 5 nitrogen and oxygen atoms in total. The van der Waals surface area contributed by atoms with Gasteiger partial charge in [-0.2, -0.15) is 0 Å². The van der Waals surface area contributed by atoms with Gasteiger partial charge in [-0.05, 0) is 25.0 Å². The van der Waals surface area contributed by atoms with Crippen LogP contribution in [0, 0.1) is 11.2 Å². The highest BCUT2D eigenvalue weighted by molar-refractivity contribution is 6.31. The molecule has 1 aromatic carbocycles. The Hall–Kier alpha value is -1.66. The molecule has 0 saturated carbocycles. The zero-order valence-corrected chi connectivity index (χ0v) is 12.7. The Morgan fingerprint density at radius 3 is 2.64 bits per heavy atom. The highest BCUT2D eigenvalue weighted by Crippen LogP contribution is 2.30. The van der Waals surface area contributed by atoms with Crippen molar-refractivity contribution in [1.29, 1.82) is 0 Å². The second-order valence-corrected chi connectivity index (χ2v) is 5.76. The van der Waals surface area contributed by atoms with Gasteiger partial charge in [-0.1, -0.05) is 17.7 Å². The molecular weight excluding hydrogens is 313 g/mol. The quantitative estimate of drug-likeness (QED) is 0.866. The van der Waals surface area contributed by atoms with Crippen molar-refractivity contribution in [2.45, 2.75) is 19.3 Å². The minimum Gasteiger partial charge on any atom is -0.481 e. The van der Waals surface area contributed by atoms with E-state index in [1.165, 1.54) is 18.2 Å². The lowest BCUT2D eigenvalue weighted by Gasteiger charge is -2.33. The molecule has 120 valence electrons. The number of carboxylic acid groups (broad SMARTS) is 1. The zero-order chi connectivity index (χ0) is 16.2. The number of hydrogen-bond donors (Lipinski definition) is 2. The Balaban J connectivity index is 1.98. The van der Waals surface area contributed by atoms with E-state index in [1.807, 2.05) is 0 Å². The van der Waals surface area contributed by atoms with Crippen molar-refractivity contribution in [2.75, 3.05) is 19.8 Å². The summed E-state index contributed by atoms with van der Waals surface area (Å²) in [5.41, 5.74) is -0.912. The van der Waals surface area contributed by atoms with Crippen molar-refractivity contribution in [3.8, 4) is 0 Å². The number of amides is 1. The molecule has 0 aliphatic carbocycles. The molecule has 1 amide bonds. The maximum absolute atomic E-state index is 13.6. The summed E-state index contributed by atoms with van der Waals surface area (Å²) < 4.78 is 18.8. The predicted molar refractivity (Wildman–Crippen MR) is 78.2 cm³/mol. The largest absolute Gasteiger partial charge is 0.481 e. The Bertz CT molecular complexity index is 552. The van der Waals surface area contributed by atoms with Gasteiger partial charge in [0.25, 0.3) is 0 Å². The lowest BCUT2D eigenvalue weighted by molar-refractivity contribution is -0.154. The van der Waals surface area contributed by atoms with Gasteiger partial charge in [0, 0.05) is 30.3 Å². The number of hydrogen-bond acceptors (Lipinski definition) is 3.